The summed E-state index contributed by atoms with van der Waals surface area (Å²) in [6.07, 6.45) is 4.57. The first-order chi connectivity index (χ1) is 8.49. The average molecular weight is 268 g/mol. The third-order valence-electron chi connectivity index (χ3n) is 2.11. The Hall–Kier alpha value is -2.00. The number of anilines is 1. The predicted octanol–water partition coefficient (Wildman–Crippen LogP) is -0.119. The molecular formula is C9H12N6O2S. The second-order valence-electron chi connectivity index (χ2n) is 3.60. The number of aromatic nitrogens is 4. The van der Waals surface area contributed by atoms with Crippen LogP contribution in [0, 0.1) is 0 Å². The summed E-state index contributed by atoms with van der Waals surface area (Å²) in [5.74, 6) is 0.663. The third kappa shape index (κ3) is 2.63. The van der Waals surface area contributed by atoms with Gasteiger partial charge in [-0.05, 0) is 6.07 Å². The first-order valence-corrected chi connectivity index (χ1v) is 6.45. The van der Waals surface area contributed by atoms with E-state index in [1.807, 2.05) is 0 Å². The Kier molecular flexibility index (Phi) is 3.26. The minimum atomic E-state index is -3.57. The largest absolute Gasteiger partial charge is 0.302 e. The quantitative estimate of drug-likeness (QED) is 0.834. The van der Waals surface area contributed by atoms with Crippen molar-refractivity contribution in [3.05, 3.63) is 30.9 Å². The maximum Gasteiger partial charge on any atom is 0.302 e. The molecule has 1 N–H and O–H groups in total. The fourth-order valence-electron chi connectivity index (χ4n) is 1.16. The normalized spacial score (nSPS) is 11.7. The molecule has 0 fully saturated rings. The first kappa shape index (κ1) is 12.5. The molecule has 0 aliphatic rings. The van der Waals surface area contributed by atoms with Crippen LogP contribution in [0.5, 0.6) is 0 Å². The summed E-state index contributed by atoms with van der Waals surface area (Å²) in [6, 6.07) is 3.24. The van der Waals surface area contributed by atoms with Gasteiger partial charge in [-0.25, -0.2) is 14.6 Å². The molecule has 0 amide bonds. The number of rotatable bonds is 4. The summed E-state index contributed by atoms with van der Waals surface area (Å²) in [7, 11) is -0.716. The zero-order valence-corrected chi connectivity index (χ0v) is 10.7. The third-order valence-corrected chi connectivity index (χ3v) is 3.53. The van der Waals surface area contributed by atoms with Crippen LogP contribution in [0.1, 0.15) is 0 Å². The van der Waals surface area contributed by atoms with Crippen molar-refractivity contribution in [1.82, 2.24) is 24.1 Å². The number of hydrogen-bond acceptors (Lipinski definition) is 5. The zero-order chi connectivity index (χ0) is 13.2. The lowest BCUT2D eigenvalue weighted by atomic mass is 10.5. The zero-order valence-electron chi connectivity index (χ0n) is 9.85. The van der Waals surface area contributed by atoms with Crippen molar-refractivity contribution in [2.45, 2.75) is 0 Å². The number of nitrogens with one attached hydrogen (secondary N) is 1. The van der Waals surface area contributed by atoms with Crippen molar-refractivity contribution in [2.24, 2.45) is 0 Å². The Morgan fingerprint density at radius 3 is 2.72 bits per heavy atom. The molecule has 0 spiro atoms. The van der Waals surface area contributed by atoms with Crippen molar-refractivity contribution < 1.29 is 8.42 Å². The summed E-state index contributed by atoms with van der Waals surface area (Å²) in [4.78, 5) is 7.85. The number of nitrogens with zero attached hydrogens (tertiary/aromatic N) is 5. The molecule has 0 unspecified atom stereocenters. The molecule has 0 aromatic carbocycles. The van der Waals surface area contributed by atoms with E-state index in [-0.39, 0.29) is 5.82 Å². The summed E-state index contributed by atoms with van der Waals surface area (Å²) in [6.45, 7) is 0. The first-order valence-electron chi connectivity index (χ1n) is 5.01. The van der Waals surface area contributed by atoms with E-state index >= 15 is 0 Å². The van der Waals surface area contributed by atoms with Crippen LogP contribution in [-0.2, 0) is 10.2 Å². The van der Waals surface area contributed by atoms with E-state index in [4.69, 9.17) is 0 Å². The molecule has 2 rings (SSSR count). The summed E-state index contributed by atoms with van der Waals surface area (Å²) >= 11 is 0. The Morgan fingerprint density at radius 1 is 1.33 bits per heavy atom. The molecule has 96 valence electrons. The summed E-state index contributed by atoms with van der Waals surface area (Å²) < 4.78 is 28.2. The molecule has 8 nitrogen and oxygen atoms in total. The molecule has 0 saturated heterocycles. The molecule has 0 atom stereocenters. The van der Waals surface area contributed by atoms with Gasteiger partial charge in [0, 0.05) is 32.6 Å². The highest BCUT2D eigenvalue weighted by Crippen LogP contribution is 2.10. The minimum Gasteiger partial charge on any atom is -0.254 e. The second-order valence-corrected chi connectivity index (χ2v) is 5.49. The van der Waals surface area contributed by atoms with Gasteiger partial charge in [0.15, 0.2) is 5.82 Å². The van der Waals surface area contributed by atoms with Gasteiger partial charge in [-0.2, -0.15) is 17.8 Å². The van der Waals surface area contributed by atoms with Gasteiger partial charge in [0.05, 0.1) is 0 Å². The SMILES string of the molecule is CN(C)S(=O)(=O)Nc1cc(-n2cccn2)ncn1. The highest BCUT2D eigenvalue weighted by molar-refractivity contribution is 7.90. The molecule has 9 heteroatoms. The maximum atomic E-state index is 11.6. The van der Waals surface area contributed by atoms with Crippen molar-refractivity contribution in [3.63, 3.8) is 0 Å². The van der Waals surface area contributed by atoms with Crippen LogP contribution in [0.2, 0.25) is 0 Å². The lowest BCUT2D eigenvalue weighted by Crippen LogP contribution is -2.29. The predicted molar refractivity (Wildman–Crippen MR) is 65.4 cm³/mol. The van der Waals surface area contributed by atoms with Crippen LogP contribution in [0.4, 0.5) is 5.82 Å². The molecule has 0 bridgehead atoms. The van der Waals surface area contributed by atoms with Gasteiger partial charge in [0.25, 0.3) is 0 Å². The van der Waals surface area contributed by atoms with Crippen molar-refractivity contribution in [2.75, 3.05) is 18.8 Å². The molecular weight excluding hydrogens is 256 g/mol. The van der Waals surface area contributed by atoms with E-state index in [2.05, 4.69) is 19.8 Å². The fraction of sp³-hybridized carbons (Fsp3) is 0.222. The van der Waals surface area contributed by atoms with Gasteiger partial charge in [-0.3, -0.25) is 4.72 Å². The Labute approximate surface area is 104 Å². The lowest BCUT2D eigenvalue weighted by Gasteiger charge is -2.12. The Balaban J connectivity index is 2.29. The Morgan fingerprint density at radius 2 is 2.11 bits per heavy atom. The van der Waals surface area contributed by atoms with Crippen LogP contribution < -0.4 is 4.72 Å². The van der Waals surface area contributed by atoms with E-state index in [0.29, 0.717) is 5.82 Å². The smallest absolute Gasteiger partial charge is 0.254 e. The minimum absolute atomic E-state index is 0.184. The second kappa shape index (κ2) is 4.70. The summed E-state index contributed by atoms with van der Waals surface area (Å²) in [5, 5.41) is 4.00. The topological polar surface area (TPSA) is 93.0 Å². The van der Waals surface area contributed by atoms with Gasteiger partial charge < -0.3 is 0 Å². The van der Waals surface area contributed by atoms with Crippen LogP contribution in [0.3, 0.4) is 0 Å². The van der Waals surface area contributed by atoms with Gasteiger partial charge in [0.1, 0.15) is 12.1 Å². The van der Waals surface area contributed by atoms with Gasteiger partial charge in [-0.15, -0.1) is 0 Å². The summed E-state index contributed by atoms with van der Waals surface area (Å²) in [5.41, 5.74) is 0. The van der Waals surface area contributed by atoms with Crippen molar-refractivity contribution in [3.8, 4) is 5.82 Å². The van der Waals surface area contributed by atoms with E-state index in [0.717, 1.165) is 4.31 Å². The highest BCUT2D eigenvalue weighted by atomic mass is 32.2. The van der Waals surface area contributed by atoms with Crippen LogP contribution in [0.15, 0.2) is 30.9 Å². The van der Waals surface area contributed by atoms with Gasteiger partial charge in [-0.1, -0.05) is 0 Å². The van der Waals surface area contributed by atoms with Crippen LogP contribution in [0.25, 0.3) is 5.82 Å². The van der Waals surface area contributed by atoms with Crippen molar-refractivity contribution >= 4 is 16.0 Å². The maximum absolute atomic E-state index is 11.6. The van der Waals surface area contributed by atoms with Crippen LogP contribution >= 0.6 is 0 Å². The monoisotopic (exact) mass is 268 g/mol. The van der Waals surface area contributed by atoms with E-state index in [1.54, 1.807) is 18.5 Å². The molecule has 2 aromatic rings. The fourth-order valence-corrected chi connectivity index (χ4v) is 1.71. The van der Waals surface area contributed by atoms with Gasteiger partial charge in [0.2, 0.25) is 0 Å². The van der Waals surface area contributed by atoms with E-state index < -0.39 is 10.2 Å². The Bertz CT molecular complexity index is 622. The molecule has 18 heavy (non-hydrogen) atoms. The standard InChI is InChI=1S/C9H12N6O2S/c1-14(2)18(16,17)13-8-6-9(11-7-10-8)15-5-3-4-12-15/h3-7H,1-2H3,(H,10,11,13). The van der Waals surface area contributed by atoms with Crippen molar-refractivity contribution in [1.29, 1.82) is 0 Å². The lowest BCUT2D eigenvalue weighted by molar-refractivity contribution is 0.526. The van der Waals surface area contributed by atoms with E-state index in [9.17, 15) is 8.42 Å². The molecule has 2 aromatic heterocycles. The number of hydrogen-bond donors (Lipinski definition) is 1. The van der Waals surface area contributed by atoms with Crippen LogP contribution in [-0.4, -0.2) is 46.6 Å². The molecule has 0 saturated carbocycles. The molecule has 2 heterocycles. The molecule has 0 radical (unpaired) electrons. The van der Waals surface area contributed by atoms with E-state index in [1.165, 1.54) is 31.2 Å². The molecule has 0 aliphatic heterocycles. The van der Waals surface area contributed by atoms with Gasteiger partial charge >= 0.3 is 10.2 Å². The molecule has 0 aliphatic carbocycles. The average Bonchev–Trinajstić information content (AvgIpc) is 2.82. The highest BCUT2D eigenvalue weighted by Gasteiger charge is 2.14.